The summed E-state index contributed by atoms with van der Waals surface area (Å²) in [6.45, 7) is 3.85. The molecule has 84 valence electrons. The van der Waals surface area contributed by atoms with E-state index < -0.39 is 5.60 Å². The lowest BCUT2D eigenvalue weighted by atomic mass is 9.94. The Bertz CT molecular complexity index is 443. The zero-order chi connectivity index (χ0) is 11.6. The summed E-state index contributed by atoms with van der Waals surface area (Å²) in [5.41, 5.74) is 1.05. The number of aromatic nitrogens is 2. The van der Waals surface area contributed by atoms with Gasteiger partial charge in [0.2, 0.25) is 0 Å². The molecule has 2 rings (SSSR count). The molecule has 1 atom stereocenters. The molecule has 1 heterocycles. The highest BCUT2D eigenvalue weighted by molar-refractivity contribution is 5.31. The number of aromatic amines is 1. The van der Waals surface area contributed by atoms with E-state index in [0.29, 0.717) is 5.82 Å². The van der Waals surface area contributed by atoms with Crippen LogP contribution in [0.4, 0.5) is 0 Å². The van der Waals surface area contributed by atoms with Crippen molar-refractivity contribution in [1.82, 2.24) is 9.97 Å². The van der Waals surface area contributed by atoms with Crippen LogP contribution in [0.25, 0.3) is 0 Å². The van der Waals surface area contributed by atoms with E-state index in [1.54, 1.807) is 19.3 Å². The molecule has 1 aromatic heterocycles. The number of hydrogen-bond acceptors (Lipinski definition) is 2. The van der Waals surface area contributed by atoms with Gasteiger partial charge in [-0.05, 0) is 24.5 Å². The highest BCUT2D eigenvalue weighted by atomic mass is 16.3. The summed E-state index contributed by atoms with van der Waals surface area (Å²) in [5.74, 6) is 0.566. The third-order valence-electron chi connectivity index (χ3n) is 2.88. The normalized spacial score (nSPS) is 14.7. The Hall–Kier alpha value is -1.61. The van der Waals surface area contributed by atoms with Crippen molar-refractivity contribution in [2.75, 3.05) is 0 Å². The summed E-state index contributed by atoms with van der Waals surface area (Å²) in [4.78, 5) is 7.04. The molecule has 3 nitrogen and oxygen atoms in total. The Labute approximate surface area is 95.2 Å². The number of nitrogens with zero attached hydrogens (tertiary/aromatic N) is 1. The van der Waals surface area contributed by atoms with Crippen LogP contribution < -0.4 is 0 Å². The van der Waals surface area contributed by atoms with E-state index in [1.165, 1.54) is 5.56 Å². The largest absolute Gasteiger partial charge is 0.377 e. The fourth-order valence-corrected chi connectivity index (χ4v) is 1.73. The van der Waals surface area contributed by atoms with E-state index in [-0.39, 0.29) is 0 Å². The van der Waals surface area contributed by atoms with Crippen molar-refractivity contribution in [2.24, 2.45) is 0 Å². The minimum absolute atomic E-state index is 0.566. The van der Waals surface area contributed by atoms with E-state index in [2.05, 4.69) is 16.9 Å². The predicted octanol–water partition coefficient (Wildman–Crippen LogP) is 2.23. The van der Waals surface area contributed by atoms with Gasteiger partial charge in [0, 0.05) is 12.4 Å². The van der Waals surface area contributed by atoms with E-state index in [0.717, 1.165) is 12.0 Å². The standard InChI is InChI=1S/C13H16N2O/c1-3-10-4-6-11(7-5-10)13(2,16)12-14-8-9-15-12/h4-9,16H,3H2,1-2H3,(H,14,15)/t13-/m0/s1. The maximum absolute atomic E-state index is 10.4. The molecule has 16 heavy (non-hydrogen) atoms. The second kappa shape index (κ2) is 4.10. The zero-order valence-electron chi connectivity index (χ0n) is 9.57. The summed E-state index contributed by atoms with van der Waals surface area (Å²) >= 11 is 0. The van der Waals surface area contributed by atoms with E-state index in [1.807, 2.05) is 24.3 Å². The van der Waals surface area contributed by atoms with Gasteiger partial charge in [-0.15, -0.1) is 0 Å². The number of imidazole rings is 1. The van der Waals surface area contributed by atoms with Crippen LogP contribution in [0.5, 0.6) is 0 Å². The molecule has 0 unspecified atom stereocenters. The number of rotatable bonds is 3. The van der Waals surface area contributed by atoms with Crippen LogP contribution in [0.3, 0.4) is 0 Å². The second-order valence-electron chi connectivity index (χ2n) is 4.06. The molecule has 0 aliphatic carbocycles. The van der Waals surface area contributed by atoms with Gasteiger partial charge in [-0.3, -0.25) is 0 Å². The van der Waals surface area contributed by atoms with Gasteiger partial charge in [0.1, 0.15) is 11.4 Å². The maximum Gasteiger partial charge on any atom is 0.144 e. The van der Waals surface area contributed by atoms with Gasteiger partial charge >= 0.3 is 0 Å². The summed E-state index contributed by atoms with van der Waals surface area (Å²) < 4.78 is 0. The van der Waals surface area contributed by atoms with Gasteiger partial charge in [0.15, 0.2) is 0 Å². The molecule has 1 aromatic carbocycles. The lowest BCUT2D eigenvalue weighted by molar-refractivity contribution is 0.0931. The quantitative estimate of drug-likeness (QED) is 0.826. The Kier molecular flexibility index (Phi) is 2.79. The van der Waals surface area contributed by atoms with Crippen LogP contribution >= 0.6 is 0 Å². The Balaban J connectivity index is 2.35. The lowest BCUT2D eigenvalue weighted by Gasteiger charge is -2.21. The Morgan fingerprint density at radius 1 is 1.31 bits per heavy atom. The highest BCUT2D eigenvalue weighted by Gasteiger charge is 2.27. The minimum Gasteiger partial charge on any atom is -0.377 e. The van der Waals surface area contributed by atoms with Gasteiger partial charge in [-0.1, -0.05) is 31.2 Å². The first kappa shape index (κ1) is 10.9. The molecule has 0 radical (unpaired) electrons. The number of nitrogens with one attached hydrogen (secondary N) is 1. The predicted molar refractivity (Wildman–Crippen MR) is 63.1 cm³/mol. The molecule has 2 N–H and O–H groups in total. The van der Waals surface area contributed by atoms with Gasteiger partial charge in [-0.25, -0.2) is 4.98 Å². The van der Waals surface area contributed by atoms with Crippen LogP contribution in [0.1, 0.15) is 30.8 Å². The van der Waals surface area contributed by atoms with Crippen molar-refractivity contribution in [3.63, 3.8) is 0 Å². The first-order valence-electron chi connectivity index (χ1n) is 5.46. The fourth-order valence-electron chi connectivity index (χ4n) is 1.73. The first-order chi connectivity index (χ1) is 7.64. The number of aryl methyl sites for hydroxylation is 1. The molecule has 0 spiro atoms. The van der Waals surface area contributed by atoms with Crippen LogP contribution in [-0.4, -0.2) is 15.1 Å². The topological polar surface area (TPSA) is 48.9 Å². The van der Waals surface area contributed by atoms with Crippen molar-refractivity contribution in [3.05, 3.63) is 53.6 Å². The molecule has 0 bridgehead atoms. The zero-order valence-corrected chi connectivity index (χ0v) is 9.57. The van der Waals surface area contributed by atoms with Crippen molar-refractivity contribution in [1.29, 1.82) is 0 Å². The highest BCUT2D eigenvalue weighted by Crippen LogP contribution is 2.26. The third kappa shape index (κ3) is 1.86. The van der Waals surface area contributed by atoms with Crippen molar-refractivity contribution in [2.45, 2.75) is 25.9 Å². The van der Waals surface area contributed by atoms with Crippen molar-refractivity contribution >= 4 is 0 Å². The van der Waals surface area contributed by atoms with Crippen LogP contribution in [0.15, 0.2) is 36.7 Å². The van der Waals surface area contributed by atoms with E-state index in [9.17, 15) is 5.11 Å². The lowest BCUT2D eigenvalue weighted by Crippen LogP contribution is -2.24. The number of H-pyrrole nitrogens is 1. The van der Waals surface area contributed by atoms with E-state index in [4.69, 9.17) is 0 Å². The Morgan fingerprint density at radius 2 is 2.00 bits per heavy atom. The molecule has 0 aliphatic heterocycles. The number of hydrogen-bond donors (Lipinski definition) is 2. The summed E-state index contributed by atoms with van der Waals surface area (Å²) in [7, 11) is 0. The van der Waals surface area contributed by atoms with Gasteiger partial charge in [0.05, 0.1) is 0 Å². The molecule has 0 saturated heterocycles. The maximum atomic E-state index is 10.4. The van der Waals surface area contributed by atoms with E-state index >= 15 is 0 Å². The molecule has 0 aliphatic rings. The summed E-state index contributed by atoms with van der Waals surface area (Å²) in [6, 6.07) is 7.96. The number of benzene rings is 1. The van der Waals surface area contributed by atoms with Crippen molar-refractivity contribution in [3.8, 4) is 0 Å². The molecular formula is C13H16N2O. The van der Waals surface area contributed by atoms with Crippen LogP contribution in [0, 0.1) is 0 Å². The van der Waals surface area contributed by atoms with Gasteiger partial charge in [0.25, 0.3) is 0 Å². The first-order valence-corrected chi connectivity index (χ1v) is 5.46. The van der Waals surface area contributed by atoms with Gasteiger partial charge < -0.3 is 10.1 Å². The van der Waals surface area contributed by atoms with Crippen molar-refractivity contribution < 1.29 is 5.11 Å². The molecule has 0 saturated carbocycles. The molecule has 0 amide bonds. The molecule has 2 aromatic rings. The molecular weight excluding hydrogens is 200 g/mol. The SMILES string of the molecule is CCc1ccc([C@](C)(O)c2ncc[nH]2)cc1. The average molecular weight is 216 g/mol. The van der Waals surface area contributed by atoms with Crippen LogP contribution in [0.2, 0.25) is 0 Å². The smallest absolute Gasteiger partial charge is 0.144 e. The minimum atomic E-state index is -1.06. The fraction of sp³-hybridized carbons (Fsp3) is 0.308. The van der Waals surface area contributed by atoms with Gasteiger partial charge in [-0.2, -0.15) is 0 Å². The third-order valence-corrected chi connectivity index (χ3v) is 2.88. The summed E-state index contributed by atoms with van der Waals surface area (Å²) in [5, 5.41) is 10.4. The van der Waals surface area contributed by atoms with Crippen LogP contribution in [-0.2, 0) is 12.0 Å². The average Bonchev–Trinajstić information content (AvgIpc) is 2.83. The molecule has 0 fully saturated rings. The molecule has 3 heteroatoms. The summed E-state index contributed by atoms with van der Waals surface area (Å²) in [6.07, 6.45) is 4.36. The number of aliphatic hydroxyl groups is 1. The second-order valence-corrected chi connectivity index (χ2v) is 4.06. The monoisotopic (exact) mass is 216 g/mol. The Morgan fingerprint density at radius 3 is 2.50 bits per heavy atom.